The predicted octanol–water partition coefficient (Wildman–Crippen LogP) is 4.90. The van der Waals surface area contributed by atoms with Gasteiger partial charge in [-0.05, 0) is 55.5 Å². The Kier molecular flexibility index (Phi) is 6.16. The Hall–Kier alpha value is -2.69. The third-order valence-corrected chi connectivity index (χ3v) is 6.53. The van der Waals surface area contributed by atoms with Gasteiger partial charge in [0.25, 0.3) is 0 Å². The lowest BCUT2D eigenvalue weighted by atomic mass is 9.83. The number of nitrogens with one attached hydrogen (secondary N) is 1. The summed E-state index contributed by atoms with van der Waals surface area (Å²) in [4.78, 5) is 28.1. The van der Waals surface area contributed by atoms with Gasteiger partial charge in [-0.25, -0.2) is 4.39 Å². The maximum Gasteiger partial charge on any atom is 0.229 e. The Balaban J connectivity index is 1.56. The second-order valence-corrected chi connectivity index (χ2v) is 8.72. The van der Waals surface area contributed by atoms with Crippen molar-refractivity contribution < 1.29 is 14.0 Å². The van der Waals surface area contributed by atoms with Crippen LogP contribution in [-0.2, 0) is 9.59 Å². The van der Waals surface area contributed by atoms with Gasteiger partial charge >= 0.3 is 0 Å². The van der Waals surface area contributed by atoms with E-state index in [2.05, 4.69) is 5.32 Å². The van der Waals surface area contributed by atoms with Crippen molar-refractivity contribution in [3.05, 3.63) is 65.5 Å². The molecule has 2 atom stereocenters. The van der Waals surface area contributed by atoms with Crippen LogP contribution in [0, 0.1) is 24.6 Å². The quantitative estimate of drug-likeness (QED) is 0.783. The van der Waals surface area contributed by atoms with Crippen molar-refractivity contribution in [2.75, 3.05) is 18.4 Å². The summed E-state index contributed by atoms with van der Waals surface area (Å²) in [6.45, 7) is 2.79. The van der Waals surface area contributed by atoms with Crippen molar-refractivity contribution in [3.8, 4) is 0 Å². The van der Waals surface area contributed by atoms with Gasteiger partial charge in [-0.15, -0.1) is 0 Å². The molecule has 0 radical (unpaired) electrons. The van der Waals surface area contributed by atoms with Crippen LogP contribution in [0.1, 0.15) is 49.1 Å². The van der Waals surface area contributed by atoms with Crippen LogP contribution >= 0.6 is 0 Å². The first kappa shape index (κ1) is 20.6. The van der Waals surface area contributed by atoms with E-state index in [0.29, 0.717) is 25.1 Å². The van der Waals surface area contributed by atoms with Gasteiger partial charge in [-0.2, -0.15) is 0 Å². The molecule has 30 heavy (non-hydrogen) atoms. The number of piperidine rings is 1. The lowest BCUT2D eigenvalue weighted by Gasteiger charge is -2.38. The van der Waals surface area contributed by atoms with E-state index < -0.39 is 0 Å². The molecule has 1 aliphatic carbocycles. The van der Waals surface area contributed by atoms with Crippen LogP contribution in [0.3, 0.4) is 0 Å². The topological polar surface area (TPSA) is 49.4 Å². The summed E-state index contributed by atoms with van der Waals surface area (Å²) in [5.74, 6) is -0.305. The molecular formula is C25H29FN2O2. The van der Waals surface area contributed by atoms with E-state index in [-0.39, 0.29) is 35.4 Å². The van der Waals surface area contributed by atoms with Crippen molar-refractivity contribution >= 4 is 17.5 Å². The molecule has 1 heterocycles. The van der Waals surface area contributed by atoms with Gasteiger partial charge in [0.15, 0.2) is 0 Å². The number of benzene rings is 2. The summed E-state index contributed by atoms with van der Waals surface area (Å²) in [5, 5.41) is 3.00. The van der Waals surface area contributed by atoms with E-state index in [1.165, 1.54) is 6.07 Å². The number of rotatable bonds is 4. The monoisotopic (exact) mass is 408 g/mol. The highest BCUT2D eigenvalue weighted by Crippen LogP contribution is 2.34. The van der Waals surface area contributed by atoms with E-state index in [9.17, 15) is 14.0 Å². The van der Waals surface area contributed by atoms with Gasteiger partial charge in [0, 0.05) is 30.6 Å². The average Bonchev–Trinajstić information content (AvgIpc) is 3.30. The van der Waals surface area contributed by atoms with Gasteiger partial charge in [-0.1, -0.05) is 43.2 Å². The van der Waals surface area contributed by atoms with Crippen LogP contribution in [0.5, 0.6) is 0 Å². The summed E-state index contributed by atoms with van der Waals surface area (Å²) in [5.41, 5.74) is 2.35. The fourth-order valence-corrected chi connectivity index (χ4v) is 4.83. The molecule has 4 rings (SSSR count). The second-order valence-electron chi connectivity index (χ2n) is 8.72. The zero-order valence-corrected chi connectivity index (χ0v) is 17.4. The number of carbonyl (C=O) groups is 2. The summed E-state index contributed by atoms with van der Waals surface area (Å²) in [7, 11) is 0. The minimum atomic E-state index is -0.292. The Morgan fingerprint density at radius 2 is 1.73 bits per heavy atom. The predicted molar refractivity (Wildman–Crippen MR) is 116 cm³/mol. The maximum absolute atomic E-state index is 13.8. The summed E-state index contributed by atoms with van der Waals surface area (Å²) < 4.78 is 13.8. The van der Waals surface area contributed by atoms with Crippen molar-refractivity contribution in [2.45, 2.75) is 44.9 Å². The fourth-order valence-electron chi connectivity index (χ4n) is 4.83. The molecule has 2 aliphatic rings. The first-order chi connectivity index (χ1) is 14.5. The van der Waals surface area contributed by atoms with Crippen molar-refractivity contribution in [1.29, 1.82) is 0 Å². The number of aryl methyl sites for hydroxylation is 1. The minimum absolute atomic E-state index is 0.0231. The standard InChI is InChI=1S/C25H29FN2O2/c1-17-13-19(11-12-23(17)26)20-14-21(24(29)27-22-9-3-2-4-10-22)16-28(15-20)25(30)18-7-5-6-8-18/h2-4,9-13,18,20-21H,5-8,14-16H2,1H3,(H,27,29). The lowest BCUT2D eigenvalue weighted by Crippen LogP contribution is -2.48. The van der Waals surface area contributed by atoms with Gasteiger partial charge in [-0.3, -0.25) is 9.59 Å². The Morgan fingerprint density at radius 3 is 2.43 bits per heavy atom. The molecule has 5 heteroatoms. The van der Waals surface area contributed by atoms with Gasteiger partial charge in [0.2, 0.25) is 11.8 Å². The number of anilines is 1. The minimum Gasteiger partial charge on any atom is -0.341 e. The van der Waals surface area contributed by atoms with E-state index in [0.717, 1.165) is 36.9 Å². The Labute approximate surface area is 177 Å². The van der Waals surface area contributed by atoms with E-state index >= 15 is 0 Å². The number of hydrogen-bond donors (Lipinski definition) is 1. The molecule has 158 valence electrons. The summed E-state index contributed by atoms with van der Waals surface area (Å²) >= 11 is 0. The molecule has 2 fully saturated rings. The molecule has 4 nitrogen and oxygen atoms in total. The third-order valence-electron chi connectivity index (χ3n) is 6.53. The van der Waals surface area contributed by atoms with Gasteiger partial charge in [0.05, 0.1) is 5.92 Å². The SMILES string of the molecule is Cc1cc(C2CC(C(=O)Nc3ccccc3)CN(C(=O)C3CCCC3)C2)ccc1F. The molecule has 2 aromatic carbocycles. The molecule has 2 unspecified atom stereocenters. The van der Waals surface area contributed by atoms with Crippen molar-refractivity contribution in [2.24, 2.45) is 11.8 Å². The van der Waals surface area contributed by atoms with E-state index in [1.54, 1.807) is 13.0 Å². The molecule has 1 saturated carbocycles. The van der Waals surface area contributed by atoms with Crippen LogP contribution < -0.4 is 5.32 Å². The maximum atomic E-state index is 13.8. The molecule has 1 aliphatic heterocycles. The Morgan fingerprint density at radius 1 is 1.00 bits per heavy atom. The molecule has 1 saturated heterocycles. The largest absolute Gasteiger partial charge is 0.341 e. The van der Waals surface area contributed by atoms with E-state index in [1.807, 2.05) is 41.3 Å². The molecular weight excluding hydrogens is 379 g/mol. The highest BCUT2D eigenvalue weighted by atomic mass is 19.1. The van der Waals surface area contributed by atoms with Crippen LogP contribution in [0.2, 0.25) is 0 Å². The van der Waals surface area contributed by atoms with Gasteiger partial charge < -0.3 is 10.2 Å². The number of carbonyl (C=O) groups excluding carboxylic acids is 2. The first-order valence-electron chi connectivity index (χ1n) is 10.9. The number of hydrogen-bond acceptors (Lipinski definition) is 2. The first-order valence-corrected chi connectivity index (χ1v) is 10.9. The van der Waals surface area contributed by atoms with Crippen LogP contribution in [0.15, 0.2) is 48.5 Å². The number of para-hydroxylation sites is 1. The fraction of sp³-hybridized carbons (Fsp3) is 0.440. The summed E-state index contributed by atoms with van der Waals surface area (Å²) in [6, 6.07) is 14.5. The lowest BCUT2D eigenvalue weighted by molar-refractivity contribution is -0.138. The highest BCUT2D eigenvalue weighted by molar-refractivity contribution is 5.93. The van der Waals surface area contributed by atoms with Crippen molar-refractivity contribution in [3.63, 3.8) is 0 Å². The zero-order chi connectivity index (χ0) is 21.1. The molecule has 2 amide bonds. The van der Waals surface area contributed by atoms with Crippen LogP contribution in [0.25, 0.3) is 0 Å². The number of amides is 2. The number of halogens is 1. The second kappa shape index (κ2) is 8.99. The molecule has 0 spiro atoms. The highest BCUT2D eigenvalue weighted by Gasteiger charge is 2.37. The van der Waals surface area contributed by atoms with Crippen molar-refractivity contribution in [1.82, 2.24) is 4.90 Å². The Bertz CT molecular complexity index is 909. The molecule has 0 bridgehead atoms. The van der Waals surface area contributed by atoms with Gasteiger partial charge in [0.1, 0.15) is 5.82 Å². The van der Waals surface area contributed by atoms with Crippen LogP contribution in [0.4, 0.5) is 10.1 Å². The van der Waals surface area contributed by atoms with E-state index in [4.69, 9.17) is 0 Å². The summed E-state index contributed by atoms with van der Waals surface area (Å²) in [6.07, 6.45) is 4.73. The van der Waals surface area contributed by atoms with Crippen LogP contribution in [-0.4, -0.2) is 29.8 Å². The third kappa shape index (κ3) is 4.55. The number of nitrogens with zero attached hydrogens (tertiary/aromatic N) is 1. The molecule has 1 N–H and O–H groups in total. The normalized spacial score (nSPS) is 22.1. The number of likely N-dealkylation sites (tertiary alicyclic amines) is 1. The molecule has 0 aromatic heterocycles. The zero-order valence-electron chi connectivity index (χ0n) is 17.4. The smallest absolute Gasteiger partial charge is 0.229 e. The average molecular weight is 409 g/mol. The molecule has 2 aromatic rings.